The fraction of sp³-hybridized carbons (Fsp3) is 0.0667. The van der Waals surface area contributed by atoms with Crippen LogP contribution in [0.1, 0.15) is 11.1 Å². The average Bonchev–Trinajstić information content (AvgIpc) is 3.22. The summed E-state index contributed by atoms with van der Waals surface area (Å²) < 4.78 is 48.0. The highest BCUT2D eigenvalue weighted by Crippen LogP contribution is 2.37. The van der Waals surface area contributed by atoms with Crippen LogP contribution in [0.25, 0.3) is 38.8 Å². The lowest BCUT2D eigenvalue weighted by Crippen LogP contribution is -2.09. The van der Waals surface area contributed by atoms with Crippen molar-refractivity contribution in [3.8, 4) is 28.6 Å². The third kappa shape index (κ3) is 4.18. The normalized spacial score (nSPS) is 11.8. The Morgan fingerprint density at radius 3 is 2.30 bits per heavy atom. The first-order chi connectivity index (χ1) is 17.9. The average molecular weight is 496 g/mol. The number of fused-ring (bicyclic) bond motifs is 3. The second-order valence-corrected chi connectivity index (χ2v) is 8.74. The van der Waals surface area contributed by atoms with Gasteiger partial charge in [0.2, 0.25) is 5.88 Å². The van der Waals surface area contributed by atoms with E-state index in [1.807, 2.05) is 83.4 Å². The van der Waals surface area contributed by atoms with E-state index in [9.17, 15) is 13.2 Å². The minimum atomic E-state index is -4.45. The van der Waals surface area contributed by atoms with E-state index >= 15 is 0 Å². The zero-order chi connectivity index (χ0) is 25.6. The molecule has 37 heavy (non-hydrogen) atoms. The van der Waals surface area contributed by atoms with Crippen molar-refractivity contribution in [2.75, 3.05) is 0 Å². The number of hydrogen-bond donors (Lipinski definition) is 0. The Bertz CT molecular complexity index is 1760. The molecule has 0 aliphatic carbocycles. The molecule has 0 saturated heterocycles. The quantitative estimate of drug-likeness (QED) is 0.247. The Hall–Kier alpha value is -4.65. The van der Waals surface area contributed by atoms with E-state index in [2.05, 4.69) is 9.97 Å². The fourth-order valence-corrected chi connectivity index (χ4v) is 4.62. The molecular formula is C30H20F3N3O. The minimum Gasteiger partial charge on any atom is -0.439 e. The van der Waals surface area contributed by atoms with Crippen LogP contribution in [0.5, 0.6) is 11.6 Å². The predicted molar refractivity (Wildman–Crippen MR) is 138 cm³/mol. The largest absolute Gasteiger partial charge is 0.439 e. The summed E-state index contributed by atoms with van der Waals surface area (Å²) >= 11 is 0. The SMILES string of the molecule is Cc1cc(-n2c3ccccc3c3ccc(-c4cccc(Oc5ccccn5)c4)cc32)ncc1C(F)(F)F. The van der Waals surface area contributed by atoms with Crippen molar-refractivity contribution in [3.05, 3.63) is 115 Å². The Kier molecular flexibility index (Phi) is 5.41. The first kappa shape index (κ1) is 22.8. The van der Waals surface area contributed by atoms with E-state index in [0.717, 1.165) is 39.1 Å². The van der Waals surface area contributed by atoms with Gasteiger partial charge >= 0.3 is 6.18 Å². The van der Waals surface area contributed by atoms with Gasteiger partial charge in [-0.15, -0.1) is 0 Å². The molecule has 0 atom stereocenters. The third-order valence-electron chi connectivity index (χ3n) is 6.33. The van der Waals surface area contributed by atoms with E-state index in [0.29, 0.717) is 17.4 Å². The van der Waals surface area contributed by atoms with Crippen molar-refractivity contribution in [3.63, 3.8) is 0 Å². The lowest BCUT2D eigenvalue weighted by atomic mass is 10.0. The Morgan fingerprint density at radius 1 is 0.730 bits per heavy atom. The van der Waals surface area contributed by atoms with Crippen LogP contribution >= 0.6 is 0 Å². The van der Waals surface area contributed by atoms with Crippen molar-refractivity contribution >= 4 is 21.8 Å². The van der Waals surface area contributed by atoms with E-state index in [1.165, 1.54) is 13.0 Å². The van der Waals surface area contributed by atoms with Gasteiger partial charge in [-0.05, 0) is 60.0 Å². The van der Waals surface area contributed by atoms with Crippen LogP contribution in [0.4, 0.5) is 13.2 Å². The number of alkyl halides is 3. The summed E-state index contributed by atoms with van der Waals surface area (Å²) in [5.41, 5.74) is 2.98. The maximum atomic E-state index is 13.4. The summed E-state index contributed by atoms with van der Waals surface area (Å²) in [4.78, 5) is 8.44. The van der Waals surface area contributed by atoms with Crippen molar-refractivity contribution in [2.45, 2.75) is 13.1 Å². The van der Waals surface area contributed by atoms with Crippen molar-refractivity contribution in [1.82, 2.24) is 14.5 Å². The van der Waals surface area contributed by atoms with Gasteiger partial charge in [0.1, 0.15) is 11.6 Å². The number of hydrogen-bond acceptors (Lipinski definition) is 3. The summed E-state index contributed by atoms with van der Waals surface area (Å²) in [5, 5.41) is 1.98. The number of halogens is 3. The molecule has 3 heterocycles. The maximum absolute atomic E-state index is 13.4. The highest BCUT2D eigenvalue weighted by molar-refractivity contribution is 6.10. The van der Waals surface area contributed by atoms with Gasteiger partial charge in [-0.25, -0.2) is 9.97 Å². The number of ether oxygens (including phenoxy) is 1. The van der Waals surface area contributed by atoms with E-state index in [-0.39, 0.29) is 5.56 Å². The van der Waals surface area contributed by atoms with Gasteiger partial charge in [0.15, 0.2) is 0 Å². The molecule has 0 N–H and O–H groups in total. The number of para-hydroxylation sites is 1. The maximum Gasteiger partial charge on any atom is 0.418 e. The number of rotatable bonds is 4. The van der Waals surface area contributed by atoms with Gasteiger partial charge in [-0.3, -0.25) is 4.57 Å². The summed E-state index contributed by atoms with van der Waals surface area (Å²) in [6, 6.07) is 28.6. The smallest absolute Gasteiger partial charge is 0.418 e. The summed E-state index contributed by atoms with van der Waals surface area (Å²) in [5.74, 6) is 1.58. The summed E-state index contributed by atoms with van der Waals surface area (Å²) in [6.45, 7) is 1.46. The second kappa shape index (κ2) is 8.78. The first-order valence-corrected chi connectivity index (χ1v) is 11.7. The fourth-order valence-electron chi connectivity index (χ4n) is 4.62. The molecule has 3 aromatic heterocycles. The molecule has 6 rings (SSSR count). The third-order valence-corrected chi connectivity index (χ3v) is 6.33. The van der Waals surface area contributed by atoms with E-state index in [1.54, 1.807) is 12.3 Å². The molecule has 0 bridgehead atoms. The summed E-state index contributed by atoms with van der Waals surface area (Å²) in [7, 11) is 0. The highest BCUT2D eigenvalue weighted by Gasteiger charge is 2.33. The lowest BCUT2D eigenvalue weighted by molar-refractivity contribution is -0.138. The second-order valence-electron chi connectivity index (χ2n) is 8.74. The lowest BCUT2D eigenvalue weighted by Gasteiger charge is -2.13. The van der Waals surface area contributed by atoms with Crippen molar-refractivity contribution in [1.29, 1.82) is 0 Å². The summed E-state index contributed by atoms with van der Waals surface area (Å²) in [6.07, 6.45) is -1.87. The van der Waals surface area contributed by atoms with Crippen LogP contribution in [0, 0.1) is 6.92 Å². The van der Waals surface area contributed by atoms with Crippen LogP contribution in [0.3, 0.4) is 0 Å². The molecule has 0 fully saturated rings. The van der Waals surface area contributed by atoms with Gasteiger partial charge in [0, 0.05) is 29.2 Å². The van der Waals surface area contributed by atoms with Gasteiger partial charge in [-0.2, -0.15) is 13.2 Å². The zero-order valence-electron chi connectivity index (χ0n) is 19.7. The van der Waals surface area contributed by atoms with E-state index < -0.39 is 11.7 Å². The van der Waals surface area contributed by atoms with Crippen LogP contribution in [-0.4, -0.2) is 14.5 Å². The number of benzene rings is 3. The number of aromatic nitrogens is 3. The number of aryl methyl sites for hydroxylation is 1. The molecule has 0 aliphatic rings. The minimum absolute atomic E-state index is 0.124. The van der Waals surface area contributed by atoms with Gasteiger partial charge in [0.05, 0.1) is 16.6 Å². The van der Waals surface area contributed by atoms with Gasteiger partial charge < -0.3 is 4.74 Å². The molecule has 3 aromatic carbocycles. The van der Waals surface area contributed by atoms with Crippen LogP contribution in [-0.2, 0) is 6.18 Å². The molecule has 0 amide bonds. The predicted octanol–water partition coefficient (Wildman–Crippen LogP) is 8.36. The Balaban J connectivity index is 1.50. The van der Waals surface area contributed by atoms with E-state index in [4.69, 9.17) is 4.74 Å². The van der Waals surface area contributed by atoms with Crippen LogP contribution in [0.15, 0.2) is 103 Å². The van der Waals surface area contributed by atoms with Crippen LogP contribution < -0.4 is 4.74 Å². The van der Waals surface area contributed by atoms with Crippen molar-refractivity contribution in [2.24, 2.45) is 0 Å². The van der Waals surface area contributed by atoms with Gasteiger partial charge in [-0.1, -0.05) is 48.5 Å². The number of pyridine rings is 2. The topological polar surface area (TPSA) is 39.9 Å². The molecule has 7 heteroatoms. The molecule has 4 nitrogen and oxygen atoms in total. The standard InChI is InChI=1S/C30H20F3N3O/c1-19-15-28(35-18-25(19)30(31,32)33)36-26-10-3-2-9-23(26)24-13-12-21(17-27(24)36)20-7-6-8-22(16-20)37-29-11-4-5-14-34-29/h2-18H,1H3. The molecule has 0 saturated carbocycles. The van der Waals surface area contributed by atoms with Gasteiger partial charge in [0.25, 0.3) is 0 Å². The number of nitrogens with zero attached hydrogens (tertiary/aromatic N) is 3. The first-order valence-electron chi connectivity index (χ1n) is 11.7. The molecule has 0 radical (unpaired) electrons. The Labute approximate surface area is 210 Å². The van der Waals surface area contributed by atoms with Crippen LogP contribution in [0.2, 0.25) is 0 Å². The molecule has 182 valence electrons. The zero-order valence-corrected chi connectivity index (χ0v) is 19.7. The molecule has 0 unspecified atom stereocenters. The highest BCUT2D eigenvalue weighted by atomic mass is 19.4. The molecule has 6 aromatic rings. The monoisotopic (exact) mass is 495 g/mol. The Morgan fingerprint density at radius 2 is 1.51 bits per heavy atom. The van der Waals surface area contributed by atoms with Crippen molar-refractivity contribution < 1.29 is 17.9 Å². The molecule has 0 spiro atoms. The molecule has 0 aliphatic heterocycles. The molecular weight excluding hydrogens is 475 g/mol.